The van der Waals surface area contributed by atoms with Gasteiger partial charge in [-0.15, -0.1) is 0 Å². The number of carbonyl (C=O) groups excluding carboxylic acids is 1. The molecule has 0 saturated heterocycles. The summed E-state index contributed by atoms with van der Waals surface area (Å²) in [7, 11) is 0. The van der Waals surface area contributed by atoms with Gasteiger partial charge in [-0.05, 0) is 19.3 Å². The number of rotatable bonds is 9. The summed E-state index contributed by atoms with van der Waals surface area (Å²) < 4.78 is 0. The summed E-state index contributed by atoms with van der Waals surface area (Å²) in [6, 6.07) is 0. The van der Waals surface area contributed by atoms with Crippen molar-refractivity contribution in [3.8, 4) is 0 Å². The Labute approximate surface area is 130 Å². The number of aliphatic hydroxyl groups is 1. The standard InChI is InChI=1S/C17H34N2O2/c1-2-3-4-9-12-19(13-14-20)16(21)17(15-18)10-7-5-6-8-11-17/h20H,2-15,18H2,1H3. The molecule has 0 unspecified atom stereocenters. The van der Waals surface area contributed by atoms with Gasteiger partial charge in [-0.3, -0.25) is 4.79 Å². The van der Waals surface area contributed by atoms with Gasteiger partial charge in [-0.2, -0.15) is 0 Å². The van der Waals surface area contributed by atoms with Gasteiger partial charge in [0.2, 0.25) is 5.91 Å². The van der Waals surface area contributed by atoms with Gasteiger partial charge < -0.3 is 15.7 Å². The van der Waals surface area contributed by atoms with Crippen LogP contribution in [0, 0.1) is 5.41 Å². The number of aliphatic hydroxyl groups excluding tert-OH is 1. The molecule has 0 bridgehead atoms. The molecule has 1 aliphatic carbocycles. The first kappa shape index (κ1) is 18.4. The van der Waals surface area contributed by atoms with E-state index < -0.39 is 0 Å². The Bertz CT molecular complexity index is 287. The van der Waals surface area contributed by atoms with Crippen molar-refractivity contribution < 1.29 is 9.90 Å². The van der Waals surface area contributed by atoms with Gasteiger partial charge in [0.1, 0.15) is 0 Å². The van der Waals surface area contributed by atoms with Crippen molar-refractivity contribution in [3.05, 3.63) is 0 Å². The number of unbranched alkanes of at least 4 members (excludes halogenated alkanes) is 3. The second kappa shape index (κ2) is 10.2. The Morgan fingerprint density at radius 3 is 2.29 bits per heavy atom. The van der Waals surface area contributed by atoms with Gasteiger partial charge in [0.05, 0.1) is 12.0 Å². The minimum atomic E-state index is -0.365. The highest BCUT2D eigenvalue weighted by Crippen LogP contribution is 2.36. The fourth-order valence-corrected chi connectivity index (χ4v) is 3.41. The molecule has 1 amide bonds. The second-order valence-electron chi connectivity index (χ2n) is 6.48. The summed E-state index contributed by atoms with van der Waals surface area (Å²) in [6.07, 6.45) is 11.1. The van der Waals surface area contributed by atoms with Gasteiger partial charge in [-0.1, -0.05) is 51.9 Å². The molecule has 0 heterocycles. The highest BCUT2D eigenvalue weighted by molar-refractivity contribution is 5.83. The average Bonchev–Trinajstić information content (AvgIpc) is 2.76. The zero-order chi connectivity index (χ0) is 15.6. The molecule has 1 saturated carbocycles. The number of hydrogen-bond donors (Lipinski definition) is 2. The topological polar surface area (TPSA) is 66.6 Å². The van der Waals surface area contributed by atoms with Crippen molar-refractivity contribution in [2.75, 3.05) is 26.2 Å². The lowest BCUT2D eigenvalue weighted by molar-refractivity contribution is -0.143. The van der Waals surface area contributed by atoms with Crippen LogP contribution in [0.2, 0.25) is 0 Å². The fourth-order valence-electron chi connectivity index (χ4n) is 3.41. The zero-order valence-electron chi connectivity index (χ0n) is 13.8. The van der Waals surface area contributed by atoms with E-state index in [0.29, 0.717) is 13.1 Å². The smallest absolute Gasteiger partial charge is 0.230 e. The molecule has 4 heteroatoms. The third-order valence-corrected chi connectivity index (χ3v) is 4.84. The maximum Gasteiger partial charge on any atom is 0.230 e. The van der Waals surface area contributed by atoms with Crippen LogP contribution >= 0.6 is 0 Å². The van der Waals surface area contributed by atoms with Gasteiger partial charge in [0.15, 0.2) is 0 Å². The van der Waals surface area contributed by atoms with Crippen LogP contribution in [0.25, 0.3) is 0 Å². The molecule has 1 aliphatic rings. The molecule has 0 aliphatic heterocycles. The van der Waals surface area contributed by atoms with Crippen LogP contribution < -0.4 is 5.73 Å². The molecule has 21 heavy (non-hydrogen) atoms. The Balaban J connectivity index is 2.66. The largest absolute Gasteiger partial charge is 0.395 e. The Morgan fingerprint density at radius 2 is 1.76 bits per heavy atom. The molecule has 0 aromatic carbocycles. The van der Waals surface area contributed by atoms with Crippen molar-refractivity contribution in [3.63, 3.8) is 0 Å². The fraction of sp³-hybridized carbons (Fsp3) is 0.941. The highest BCUT2D eigenvalue weighted by Gasteiger charge is 2.39. The molecule has 4 nitrogen and oxygen atoms in total. The summed E-state index contributed by atoms with van der Waals surface area (Å²) in [5.74, 6) is 0.192. The summed E-state index contributed by atoms with van der Waals surface area (Å²) in [6.45, 7) is 3.89. The van der Waals surface area contributed by atoms with Gasteiger partial charge in [0.25, 0.3) is 0 Å². The molecular formula is C17H34N2O2. The lowest BCUT2D eigenvalue weighted by Gasteiger charge is -2.36. The summed E-state index contributed by atoms with van der Waals surface area (Å²) in [5.41, 5.74) is 5.64. The van der Waals surface area contributed by atoms with Crippen molar-refractivity contribution in [2.24, 2.45) is 11.1 Å². The lowest BCUT2D eigenvalue weighted by Crippen LogP contribution is -2.49. The predicted octanol–water partition coefficient (Wildman–Crippen LogP) is 2.69. The van der Waals surface area contributed by atoms with E-state index in [2.05, 4.69) is 6.92 Å². The number of nitrogens with zero attached hydrogens (tertiary/aromatic N) is 1. The number of nitrogens with two attached hydrogens (primary N) is 1. The van der Waals surface area contributed by atoms with Crippen LogP contribution in [0.5, 0.6) is 0 Å². The Kier molecular flexibility index (Phi) is 8.93. The van der Waals surface area contributed by atoms with Crippen LogP contribution in [-0.4, -0.2) is 42.2 Å². The van der Waals surface area contributed by atoms with E-state index in [1.165, 1.54) is 25.7 Å². The molecule has 0 atom stereocenters. The first-order chi connectivity index (χ1) is 10.2. The summed E-state index contributed by atoms with van der Waals surface area (Å²) >= 11 is 0. The van der Waals surface area contributed by atoms with E-state index in [4.69, 9.17) is 5.73 Å². The molecule has 0 spiro atoms. The van der Waals surface area contributed by atoms with E-state index in [0.717, 1.165) is 45.1 Å². The summed E-state index contributed by atoms with van der Waals surface area (Å²) in [4.78, 5) is 14.9. The lowest BCUT2D eigenvalue weighted by atomic mass is 9.79. The summed E-state index contributed by atoms with van der Waals surface area (Å²) in [5, 5.41) is 9.27. The normalized spacial score (nSPS) is 18.2. The molecule has 1 fully saturated rings. The Hall–Kier alpha value is -0.610. The van der Waals surface area contributed by atoms with Crippen molar-refractivity contribution >= 4 is 5.91 Å². The monoisotopic (exact) mass is 298 g/mol. The van der Waals surface area contributed by atoms with Crippen LogP contribution in [-0.2, 0) is 4.79 Å². The van der Waals surface area contributed by atoms with E-state index in [9.17, 15) is 9.90 Å². The molecule has 3 N–H and O–H groups in total. The maximum atomic E-state index is 13.0. The molecule has 0 aromatic heterocycles. The van der Waals surface area contributed by atoms with Gasteiger partial charge in [-0.25, -0.2) is 0 Å². The molecule has 0 radical (unpaired) electrons. The molecule has 0 aromatic rings. The van der Waals surface area contributed by atoms with Crippen molar-refractivity contribution in [1.82, 2.24) is 4.90 Å². The third kappa shape index (κ3) is 5.59. The highest BCUT2D eigenvalue weighted by atomic mass is 16.3. The minimum Gasteiger partial charge on any atom is -0.395 e. The first-order valence-electron chi connectivity index (χ1n) is 8.80. The average molecular weight is 298 g/mol. The van der Waals surface area contributed by atoms with Crippen LogP contribution in [0.3, 0.4) is 0 Å². The van der Waals surface area contributed by atoms with Crippen molar-refractivity contribution in [1.29, 1.82) is 0 Å². The SMILES string of the molecule is CCCCCCN(CCO)C(=O)C1(CN)CCCCCC1. The number of amides is 1. The molecule has 1 rings (SSSR count). The van der Waals surface area contributed by atoms with Crippen LogP contribution in [0.1, 0.15) is 71.1 Å². The second-order valence-corrected chi connectivity index (χ2v) is 6.48. The minimum absolute atomic E-state index is 0.0418. The van der Waals surface area contributed by atoms with Gasteiger partial charge in [0, 0.05) is 19.6 Å². The van der Waals surface area contributed by atoms with E-state index in [-0.39, 0.29) is 17.9 Å². The number of hydrogen-bond acceptors (Lipinski definition) is 3. The van der Waals surface area contributed by atoms with Crippen LogP contribution in [0.15, 0.2) is 0 Å². The molecular weight excluding hydrogens is 264 g/mol. The van der Waals surface area contributed by atoms with Gasteiger partial charge >= 0.3 is 0 Å². The molecule has 124 valence electrons. The van der Waals surface area contributed by atoms with Crippen LogP contribution in [0.4, 0.5) is 0 Å². The van der Waals surface area contributed by atoms with E-state index in [1.807, 2.05) is 4.90 Å². The zero-order valence-corrected chi connectivity index (χ0v) is 13.8. The third-order valence-electron chi connectivity index (χ3n) is 4.84. The predicted molar refractivity (Wildman–Crippen MR) is 87.0 cm³/mol. The quantitative estimate of drug-likeness (QED) is 0.508. The van der Waals surface area contributed by atoms with E-state index in [1.54, 1.807) is 0 Å². The first-order valence-corrected chi connectivity index (χ1v) is 8.80. The van der Waals surface area contributed by atoms with Crippen molar-refractivity contribution in [2.45, 2.75) is 71.1 Å². The van der Waals surface area contributed by atoms with E-state index >= 15 is 0 Å². The Morgan fingerprint density at radius 1 is 1.10 bits per heavy atom. The maximum absolute atomic E-state index is 13.0. The number of carbonyl (C=O) groups is 1.